The van der Waals surface area contributed by atoms with Crippen molar-refractivity contribution in [3.05, 3.63) is 88.2 Å². The summed E-state index contributed by atoms with van der Waals surface area (Å²) in [4.78, 5) is 25.6. The number of para-hydroxylation sites is 2. The highest BCUT2D eigenvalue weighted by atomic mass is 32.1. The fraction of sp³-hybridized carbons (Fsp3) is 0.0526. The third-order valence-electron chi connectivity index (χ3n) is 3.82. The minimum atomic E-state index is -0.479. The highest BCUT2D eigenvalue weighted by molar-refractivity contribution is 7.07. The molecule has 0 atom stereocenters. The third kappa shape index (κ3) is 3.29. The van der Waals surface area contributed by atoms with Gasteiger partial charge in [-0.2, -0.15) is 4.99 Å². The number of carbonyl (C=O) groups excluding carboxylic acids is 1. The van der Waals surface area contributed by atoms with Crippen molar-refractivity contribution >= 4 is 28.3 Å². The molecule has 0 aliphatic carbocycles. The van der Waals surface area contributed by atoms with E-state index < -0.39 is 5.91 Å². The second-order valence-corrected chi connectivity index (χ2v) is 6.44. The topological polar surface area (TPSA) is 60.1 Å². The molecular formula is C19H13FN4OS. The van der Waals surface area contributed by atoms with Crippen LogP contribution in [0.2, 0.25) is 0 Å². The van der Waals surface area contributed by atoms with E-state index in [4.69, 9.17) is 0 Å². The maximum atomic E-state index is 13.9. The summed E-state index contributed by atoms with van der Waals surface area (Å²) in [7, 11) is 0. The van der Waals surface area contributed by atoms with E-state index in [2.05, 4.69) is 15.0 Å². The molecule has 0 saturated heterocycles. The van der Waals surface area contributed by atoms with Crippen LogP contribution in [-0.2, 0) is 6.54 Å². The predicted octanol–water partition coefficient (Wildman–Crippen LogP) is 3.42. The summed E-state index contributed by atoms with van der Waals surface area (Å²) in [5.41, 5.74) is 2.06. The third-order valence-corrected chi connectivity index (χ3v) is 4.62. The lowest BCUT2D eigenvalue weighted by Crippen LogP contribution is -2.18. The molecule has 7 heteroatoms. The number of hydrogen-bond donors (Lipinski definition) is 0. The van der Waals surface area contributed by atoms with Gasteiger partial charge in [0, 0.05) is 17.1 Å². The van der Waals surface area contributed by atoms with Gasteiger partial charge in [0.25, 0.3) is 5.91 Å². The Labute approximate surface area is 152 Å². The second kappa shape index (κ2) is 6.97. The SMILES string of the molecule is O=C(N=c1sccn1Cc1ccccc1F)c1cnc2ccccc2n1. The van der Waals surface area contributed by atoms with Crippen LogP contribution in [0, 0.1) is 5.82 Å². The first-order valence-electron chi connectivity index (χ1n) is 7.89. The van der Waals surface area contributed by atoms with E-state index in [0.29, 0.717) is 22.4 Å². The molecule has 5 nitrogen and oxygen atoms in total. The quantitative estimate of drug-likeness (QED) is 0.560. The molecule has 4 aromatic rings. The first kappa shape index (κ1) is 16.3. The summed E-state index contributed by atoms with van der Waals surface area (Å²) in [5, 5.41) is 1.80. The monoisotopic (exact) mass is 364 g/mol. The first-order chi connectivity index (χ1) is 12.7. The minimum absolute atomic E-state index is 0.176. The number of rotatable bonds is 3. The fourth-order valence-electron chi connectivity index (χ4n) is 2.52. The highest BCUT2D eigenvalue weighted by Gasteiger charge is 2.09. The Morgan fingerprint density at radius 1 is 1.12 bits per heavy atom. The standard InChI is InChI=1S/C19H13FN4OS/c20-14-6-2-1-5-13(14)12-24-9-10-26-19(24)23-18(25)17-11-21-15-7-3-4-8-16(15)22-17/h1-11H,12H2. The summed E-state index contributed by atoms with van der Waals surface area (Å²) in [5.74, 6) is -0.767. The van der Waals surface area contributed by atoms with Crippen LogP contribution < -0.4 is 4.80 Å². The normalized spacial score (nSPS) is 11.8. The van der Waals surface area contributed by atoms with Crippen molar-refractivity contribution < 1.29 is 9.18 Å². The molecule has 2 aromatic heterocycles. The maximum absolute atomic E-state index is 13.9. The minimum Gasteiger partial charge on any atom is -0.319 e. The summed E-state index contributed by atoms with van der Waals surface area (Å²) in [6.07, 6.45) is 3.19. The van der Waals surface area contributed by atoms with Gasteiger partial charge in [0.05, 0.1) is 23.8 Å². The lowest BCUT2D eigenvalue weighted by molar-refractivity contribution is 0.0993. The van der Waals surface area contributed by atoms with E-state index in [1.165, 1.54) is 23.6 Å². The van der Waals surface area contributed by atoms with E-state index >= 15 is 0 Å². The number of fused-ring (bicyclic) bond motifs is 1. The number of benzene rings is 2. The number of thiazole rings is 1. The van der Waals surface area contributed by atoms with Gasteiger partial charge in [0.15, 0.2) is 4.80 Å². The number of aromatic nitrogens is 3. The van der Waals surface area contributed by atoms with Crippen molar-refractivity contribution in [1.82, 2.24) is 14.5 Å². The van der Waals surface area contributed by atoms with Crippen molar-refractivity contribution in [2.24, 2.45) is 4.99 Å². The molecule has 0 radical (unpaired) electrons. The predicted molar refractivity (Wildman–Crippen MR) is 97.2 cm³/mol. The first-order valence-corrected chi connectivity index (χ1v) is 8.77. The number of nitrogens with zero attached hydrogens (tertiary/aromatic N) is 4. The zero-order valence-corrected chi connectivity index (χ0v) is 14.4. The Balaban J connectivity index is 1.67. The van der Waals surface area contributed by atoms with Crippen molar-refractivity contribution in [3.63, 3.8) is 0 Å². The lowest BCUT2D eigenvalue weighted by Gasteiger charge is -2.04. The van der Waals surface area contributed by atoms with Crippen molar-refractivity contribution in [1.29, 1.82) is 0 Å². The molecule has 4 rings (SSSR count). The summed E-state index contributed by atoms with van der Waals surface area (Å²) in [6.45, 7) is 0.297. The Morgan fingerprint density at radius 3 is 2.73 bits per heavy atom. The van der Waals surface area contributed by atoms with E-state index in [1.807, 2.05) is 18.2 Å². The van der Waals surface area contributed by atoms with Crippen LogP contribution in [0.25, 0.3) is 11.0 Å². The number of halogens is 1. The van der Waals surface area contributed by atoms with Gasteiger partial charge in [-0.1, -0.05) is 30.3 Å². The Kier molecular flexibility index (Phi) is 4.37. The molecule has 0 N–H and O–H groups in total. The zero-order valence-electron chi connectivity index (χ0n) is 13.5. The van der Waals surface area contributed by atoms with Gasteiger partial charge >= 0.3 is 0 Å². The average molecular weight is 364 g/mol. The highest BCUT2D eigenvalue weighted by Crippen LogP contribution is 2.10. The molecule has 0 bridgehead atoms. The molecule has 128 valence electrons. The van der Waals surface area contributed by atoms with Crippen LogP contribution in [-0.4, -0.2) is 20.4 Å². The molecular weight excluding hydrogens is 351 g/mol. The molecule has 1 amide bonds. The molecule has 0 unspecified atom stereocenters. The fourth-order valence-corrected chi connectivity index (χ4v) is 3.25. The number of hydrogen-bond acceptors (Lipinski definition) is 4. The molecule has 0 aliphatic rings. The van der Waals surface area contributed by atoms with E-state index in [1.54, 1.807) is 40.4 Å². The van der Waals surface area contributed by atoms with Gasteiger partial charge in [0.2, 0.25) is 0 Å². The van der Waals surface area contributed by atoms with Crippen LogP contribution >= 0.6 is 11.3 Å². The van der Waals surface area contributed by atoms with Crippen LogP contribution in [0.3, 0.4) is 0 Å². The largest absolute Gasteiger partial charge is 0.319 e. The van der Waals surface area contributed by atoms with Crippen LogP contribution in [0.4, 0.5) is 4.39 Å². The Bertz CT molecular complexity index is 1170. The summed E-state index contributed by atoms with van der Waals surface area (Å²) >= 11 is 1.31. The van der Waals surface area contributed by atoms with Gasteiger partial charge < -0.3 is 4.57 Å². The van der Waals surface area contributed by atoms with Crippen LogP contribution in [0.1, 0.15) is 16.1 Å². The summed E-state index contributed by atoms with van der Waals surface area (Å²) < 4.78 is 15.6. The van der Waals surface area contributed by atoms with Gasteiger partial charge in [-0.25, -0.2) is 9.37 Å². The van der Waals surface area contributed by atoms with Crippen molar-refractivity contribution in [2.75, 3.05) is 0 Å². The van der Waals surface area contributed by atoms with Crippen molar-refractivity contribution in [2.45, 2.75) is 6.54 Å². The molecule has 2 aromatic carbocycles. The smallest absolute Gasteiger partial charge is 0.299 e. The molecule has 0 fully saturated rings. The van der Waals surface area contributed by atoms with Crippen molar-refractivity contribution in [3.8, 4) is 0 Å². The molecule has 2 heterocycles. The van der Waals surface area contributed by atoms with Gasteiger partial charge in [0.1, 0.15) is 11.5 Å². The molecule has 0 spiro atoms. The molecule has 0 aliphatic heterocycles. The maximum Gasteiger partial charge on any atom is 0.299 e. The lowest BCUT2D eigenvalue weighted by atomic mass is 10.2. The van der Waals surface area contributed by atoms with E-state index in [-0.39, 0.29) is 11.5 Å². The molecule has 26 heavy (non-hydrogen) atoms. The van der Waals surface area contributed by atoms with Crippen LogP contribution in [0.5, 0.6) is 0 Å². The van der Waals surface area contributed by atoms with E-state index in [9.17, 15) is 9.18 Å². The van der Waals surface area contributed by atoms with Gasteiger partial charge in [-0.05, 0) is 18.2 Å². The zero-order chi connectivity index (χ0) is 17.9. The second-order valence-electron chi connectivity index (χ2n) is 5.57. The Hall–Kier alpha value is -3.19. The van der Waals surface area contributed by atoms with E-state index in [0.717, 1.165) is 5.52 Å². The van der Waals surface area contributed by atoms with Gasteiger partial charge in [-0.15, -0.1) is 11.3 Å². The summed E-state index contributed by atoms with van der Waals surface area (Å²) in [6, 6.07) is 13.9. The number of carbonyl (C=O) groups is 1. The number of amides is 1. The molecule has 0 saturated carbocycles. The average Bonchev–Trinajstić information content (AvgIpc) is 3.10. The Morgan fingerprint density at radius 2 is 1.88 bits per heavy atom. The van der Waals surface area contributed by atoms with Crippen LogP contribution in [0.15, 0.2) is 71.3 Å². The van der Waals surface area contributed by atoms with Gasteiger partial charge in [-0.3, -0.25) is 9.78 Å².